The highest BCUT2D eigenvalue weighted by atomic mass is 127. The van der Waals surface area contributed by atoms with E-state index < -0.39 is 0 Å². The van der Waals surface area contributed by atoms with Gasteiger partial charge in [0.2, 0.25) is 0 Å². The van der Waals surface area contributed by atoms with Crippen molar-refractivity contribution >= 4 is 0 Å². The number of rotatable bonds is 4. The Morgan fingerprint density at radius 2 is 2.00 bits per heavy atom. The average Bonchev–Trinajstić information content (AvgIpc) is 2.30. The summed E-state index contributed by atoms with van der Waals surface area (Å²) >= 11 is 0. The fourth-order valence-corrected chi connectivity index (χ4v) is 2.10. The van der Waals surface area contributed by atoms with E-state index in [-0.39, 0.29) is 24.0 Å². The van der Waals surface area contributed by atoms with Crippen LogP contribution < -0.4 is 28.7 Å². The van der Waals surface area contributed by atoms with Gasteiger partial charge in [-0.05, 0) is 24.6 Å². The van der Waals surface area contributed by atoms with Crippen LogP contribution in [0.2, 0.25) is 0 Å². The number of likely N-dealkylation sites (N-methyl/N-ethyl adjacent to an activating group) is 1. The van der Waals surface area contributed by atoms with Gasteiger partial charge in [0.05, 0.1) is 20.3 Å². The Morgan fingerprint density at radius 1 is 1.28 bits per heavy atom. The number of halogens is 1. The van der Waals surface area contributed by atoms with Gasteiger partial charge in [-0.3, -0.25) is 0 Å². The predicted molar refractivity (Wildman–Crippen MR) is 68.3 cm³/mol. The zero-order chi connectivity index (χ0) is 12.1. The lowest BCUT2D eigenvalue weighted by molar-refractivity contribution is -0.916. The maximum absolute atomic E-state index is 5.80. The van der Waals surface area contributed by atoms with Gasteiger partial charge in [0.25, 0.3) is 0 Å². The van der Waals surface area contributed by atoms with Gasteiger partial charge < -0.3 is 37.9 Å². The molecule has 2 rings (SSSR count). The van der Waals surface area contributed by atoms with Gasteiger partial charge in [0.15, 0.2) is 0 Å². The van der Waals surface area contributed by atoms with Crippen molar-refractivity contribution in [3.8, 4) is 5.75 Å². The second kappa shape index (κ2) is 7.31. The quantitative estimate of drug-likeness (QED) is 0.497. The second-order valence-corrected chi connectivity index (χ2v) is 5.07. The molecule has 3 nitrogen and oxygen atoms in total. The first-order chi connectivity index (χ1) is 8.18. The van der Waals surface area contributed by atoms with E-state index in [0.29, 0.717) is 0 Å². The highest BCUT2D eigenvalue weighted by Gasteiger charge is 2.24. The summed E-state index contributed by atoms with van der Waals surface area (Å²) in [6, 6.07) is 8.23. The average molecular weight is 363 g/mol. The minimum absolute atomic E-state index is 0. The highest BCUT2D eigenvalue weighted by Crippen LogP contribution is 2.13. The zero-order valence-electron chi connectivity index (χ0n) is 11.2. The summed E-state index contributed by atoms with van der Waals surface area (Å²) in [7, 11) is 2.28. The van der Waals surface area contributed by atoms with Crippen molar-refractivity contribution in [2.45, 2.75) is 6.92 Å². The topological polar surface area (TPSA) is 18.5 Å². The van der Waals surface area contributed by atoms with Crippen molar-refractivity contribution in [2.24, 2.45) is 0 Å². The zero-order valence-corrected chi connectivity index (χ0v) is 13.4. The lowest BCUT2D eigenvalue weighted by Crippen LogP contribution is -3.00. The third-order valence-electron chi connectivity index (χ3n) is 3.44. The van der Waals surface area contributed by atoms with E-state index >= 15 is 0 Å². The number of aryl methyl sites for hydroxylation is 1. The minimum Gasteiger partial charge on any atom is -1.00 e. The Labute approximate surface area is 127 Å². The molecule has 0 saturated carbocycles. The molecule has 1 saturated heterocycles. The largest absolute Gasteiger partial charge is 1.00 e. The van der Waals surface area contributed by atoms with Crippen LogP contribution in [0.4, 0.5) is 0 Å². The molecule has 0 unspecified atom stereocenters. The molecule has 18 heavy (non-hydrogen) atoms. The summed E-state index contributed by atoms with van der Waals surface area (Å²) in [5.74, 6) is 0.977. The van der Waals surface area contributed by atoms with Gasteiger partial charge in [-0.1, -0.05) is 12.1 Å². The fourth-order valence-electron chi connectivity index (χ4n) is 2.10. The van der Waals surface area contributed by atoms with Gasteiger partial charge in [-0.2, -0.15) is 0 Å². The van der Waals surface area contributed by atoms with E-state index in [1.165, 1.54) is 5.56 Å². The van der Waals surface area contributed by atoms with Crippen LogP contribution in [-0.4, -0.2) is 51.0 Å². The van der Waals surface area contributed by atoms with Crippen LogP contribution in [-0.2, 0) is 4.74 Å². The van der Waals surface area contributed by atoms with Crippen molar-refractivity contribution in [3.63, 3.8) is 0 Å². The molecule has 1 aromatic carbocycles. The van der Waals surface area contributed by atoms with Crippen molar-refractivity contribution in [1.82, 2.24) is 0 Å². The van der Waals surface area contributed by atoms with Crippen LogP contribution in [0.1, 0.15) is 5.56 Å². The van der Waals surface area contributed by atoms with Crippen LogP contribution in [0.3, 0.4) is 0 Å². The molecule has 0 bridgehead atoms. The molecule has 0 atom stereocenters. The van der Waals surface area contributed by atoms with Gasteiger partial charge in [-0.25, -0.2) is 0 Å². The summed E-state index contributed by atoms with van der Waals surface area (Å²) in [5.41, 5.74) is 1.24. The van der Waals surface area contributed by atoms with Crippen LogP contribution in [0, 0.1) is 6.92 Å². The Balaban J connectivity index is 0.00000162. The van der Waals surface area contributed by atoms with Crippen molar-refractivity contribution in [3.05, 3.63) is 29.8 Å². The molecule has 0 aliphatic carbocycles. The van der Waals surface area contributed by atoms with Gasteiger partial charge in [0.1, 0.15) is 32.0 Å². The number of morpholine rings is 1. The Bertz CT molecular complexity index is 365. The highest BCUT2D eigenvalue weighted by molar-refractivity contribution is 5.27. The molecule has 4 heteroatoms. The van der Waals surface area contributed by atoms with Crippen molar-refractivity contribution in [2.75, 3.05) is 46.5 Å². The monoisotopic (exact) mass is 363 g/mol. The molecule has 102 valence electrons. The number of hydrogen-bond donors (Lipinski definition) is 0. The lowest BCUT2D eigenvalue weighted by atomic mass is 10.2. The molecule has 0 aromatic heterocycles. The van der Waals surface area contributed by atoms with Crippen molar-refractivity contribution < 1.29 is 37.9 Å². The standard InChI is InChI=1S/C14H22NO2.HI/c1-13-4-3-5-14(12-13)17-11-8-15(2)6-9-16-10-7-15;/h3-5,12H,6-11H2,1-2H3;1H/q+1;/p-1. The number of ether oxygens (including phenoxy) is 2. The number of benzene rings is 1. The van der Waals surface area contributed by atoms with Gasteiger partial charge in [0, 0.05) is 0 Å². The summed E-state index contributed by atoms with van der Waals surface area (Å²) in [6.07, 6.45) is 0. The van der Waals surface area contributed by atoms with Gasteiger partial charge >= 0.3 is 0 Å². The summed E-state index contributed by atoms with van der Waals surface area (Å²) in [4.78, 5) is 0. The van der Waals surface area contributed by atoms with Crippen LogP contribution in [0.25, 0.3) is 0 Å². The molecule has 1 aliphatic rings. The molecule has 1 aliphatic heterocycles. The van der Waals surface area contributed by atoms with E-state index in [1.54, 1.807) is 0 Å². The molecular formula is C14H22INO2. The first kappa shape index (κ1) is 15.7. The molecule has 0 spiro atoms. The summed E-state index contributed by atoms with van der Waals surface area (Å²) < 4.78 is 12.2. The van der Waals surface area contributed by atoms with Crippen LogP contribution in [0.5, 0.6) is 5.75 Å². The van der Waals surface area contributed by atoms with E-state index in [4.69, 9.17) is 9.47 Å². The Hall–Kier alpha value is -0.330. The van der Waals surface area contributed by atoms with Crippen LogP contribution in [0.15, 0.2) is 24.3 Å². The molecular weight excluding hydrogens is 341 g/mol. The molecule has 1 heterocycles. The first-order valence-electron chi connectivity index (χ1n) is 6.29. The number of quaternary nitrogens is 1. The molecule has 0 amide bonds. The summed E-state index contributed by atoms with van der Waals surface area (Å²) in [5, 5.41) is 0. The maximum Gasteiger partial charge on any atom is 0.137 e. The predicted octanol–water partition coefficient (Wildman–Crippen LogP) is -1.15. The fraction of sp³-hybridized carbons (Fsp3) is 0.571. The molecule has 0 radical (unpaired) electrons. The lowest BCUT2D eigenvalue weighted by Gasteiger charge is -2.37. The Morgan fingerprint density at radius 3 is 2.67 bits per heavy atom. The van der Waals surface area contributed by atoms with Crippen LogP contribution >= 0.6 is 0 Å². The SMILES string of the molecule is Cc1cccc(OCC[N+]2(C)CCOCC2)c1.[I-]. The smallest absolute Gasteiger partial charge is 0.137 e. The van der Waals surface area contributed by atoms with Crippen molar-refractivity contribution in [1.29, 1.82) is 0 Å². The number of hydrogen-bond acceptors (Lipinski definition) is 2. The Kier molecular flexibility index (Phi) is 6.38. The maximum atomic E-state index is 5.80. The minimum atomic E-state index is 0. The van der Waals surface area contributed by atoms with E-state index in [9.17, 15) is 0 Å². The molecule has 0 N–H and O–H groups in total. The first-order valence-corrected chi connectivity index (χ1v) is 6.29. The second-order valence-electron chi connectivity index (χ2n) is 5.07. The van der Waals surface area contributed by atoms with E-state index in [2.05, 4.69) is 26.1 Å². The molecule has 1 fully saturated rings. The normalized spacial score (nSPS) is 17.9. The molecule has 1 aromatic rings. The summed E-state index contributed by atoms with van der Waals surface area (Å²) in [6.45, 7) is 7.86. The number of nitrogens with zero attached hydrogens (tertiary/aromatic N) is 1. The van der Waals surface area contributed by atoms with E-state index in [1.807, 2.05) is 12.1 Å². The third kappa shape index (κ3) is 4.74. The van der Waals surface area contributed by atoms with E-state index in [0.717, 1.165) is 49.7 Å². The third-order valence-corrected chi connectivity index (χ3v) is 3.44. The van der Waals surface area contributed by atoms with Gasteiger partial charge in [-0.15, -0.1) is 0 Å².